The van der Waals surface area contributed by atoms with Gasteiger partial charge in [-0.25, -0.2) is 4.98 Å². The van der Waals surface area contributed by atoms with Crippen LogP contribution in [0.15, 0.2) is 23.0 Å². The number of ether oxygens (including phenoxy) is 1. The number of nitrogens with two attached hydrogens (primary N) is 1. The maximum absolute atomic E-state index is 11.9. The predicted molar refractivity (Wildman–Crippen MR) is 81.0 cm³/mol. The quantitative estimate of drug-likeness (QED) is 0.529. The van der Waals surface area contributed by atoms with E-state index < -0.39 is 0 Å². The van der Waals surface area contributed by atoms with E-state index >= 15 is 0 Å². The second kappa shape index (κ2) is 6.91. The fourth-order valence-electron chi connectivity index (χ4n) is 1.83. The molecule has 0 saturated heterocycles. The molecule has 20 heavy (non-hydrogen) atoms. The van der Waals surface area contributed by atoms with Crippen molar-refractivity contribution in [3.05, 3.63) is 28.6 Å². The highest BCUT2D eigenvalue weighted by atomic mass is 16.5. The van der Waals surface area contributed by atoms with Crippen molar-refractivity contribution >= 4 is 22.5 Å². The molecule has 6 heteroatoms. The maximum atomic E-state index is 11.9. The minimum atomic E-state index is -0.197. The summed E-state index contributed by atoms with van der Waals surface area (Å²) in [6, 6.07) is 5.09. The van der Waals surface area contributed by atoms with Crippen LogP contribution in [0, 0.1) is 0 Å². The number of anilines is 2. The average Bonchev–Trinajstić information content (AvgIpc) is 2.43. The Morgan fingerprint density at radius 2 is 2.25 bits per heavy atom. The number of aromatic amines is 1. The van der Waals surface area contributed by atoms with Crippen molar-refractivity contribution in [2.24, 2.45) is 0 Å². The summed E-state index contributed by atoms with van der Waals surface area (Å²) in [4.78, 5) is 18.9. The molecule has 0 spiro atoms. The normalized spacial score (nSPS) is 10.8. The Morgan fingerprint density at radius 1 is 1.40 bits per heavy atom. The lowest BCUT2D eigenvalue weighted by molar-refractivity contribution is 0.141. The van der Waals surface area contributed by atoms with E-state index in [1.165, 1.54) is 0 Å². The molecule has 1 aromatic heterocycles. The summed E-state index contributed by atoms with van der Waals surface area (Å²) in [6.45, 7) is 4.08. The van der Waals surface area contributed by atoms with Crippen molar-refractivity contribution in [3.63, 3.8) is 0 Å². The Labute approximate surface area is 117 Å². The van der Waals surface area contributed by atoms with Crippen LogP contribution in [0.2, 0.25) is 0 Å². The molecule has 0 saturated carbocycles. The molecule has 2 rings (SSSR count). The van der Waals surface area contributed by atoms with Gasteiger partial charge in [0.1, 0.15) is 0 Å². The third-order valence-corrected chi connectivity index (χ3v) is 2.91. The smallest absolute Gasteiger partial charge is 0.260 e. The zero-order valence-electron chi connectivity index (χ0n) is 11.6. The van der Waals surface area contributed by atoms with Crippen molar-refractivity contribution in [2.45, 2.75) is 19.8 Å². The number of nitrogens with one attached hydrogen (secondary N) is 2. The summed E-state index contributed by atoms with van der Waals surface area (Å²) >= 11 is 0. The first-order valence-corrected chi connectivity index (χ1v) is 6.82. The third-order valence-electron chi connectivity index (χ3n) is 2.91. The molecule has 0 aliphatic rings. The number of fused-ring (bicyclic) bond motifs is 1. The molecule has 6 nitrogen and oxygen atoms in total. The molecule has 0 aliphatic heterocycles. The average molecular weight is 276 g/mol. The number of nitrogens with zero attached hydrogens (tertiary/aromatic N) is 1. The van der Waals surface area contributed by atoms with E-state index in [-0.39, 0.29) is 5.56 Å². The van der Waals surface area contributed by atoms with Crippen molar-refractivity contribution in [1.82, 2.24) is 9.97 Å². The number of hydrogen-bond acceptors (Lipinski definition) is 5. The predicted octanol–water partition coefficient (Wildman–Crippen LogP) is 1.73. The fraction of sp³-hybridized carbons (Fsp3) is 0.429. The molecule has 0 bridgehead atoms. The van der Waals surface area contributed by atoms with E-state index in [9.17, 15) is 4.79 Å². The van der Waals surface area contributed by atoms with Gasteiger partial charge in [-0.3, -0.25) is 9.78 Å². The molecule has 0 fully saturated rings. The number of benzene rings is 1. The summed E-state index contributed by atoms with van der Waals surface area (Å²) in [7, 11) is 0. The Balaban J connectivity index is 1.98. The number of unbranched alkanes of at least 4 members (excludes halogenated alkanes) is 1. The molecular weight excluding hydrogens is 256 g/mol. The van der Waals surface area contributed by atoms with E-state index in [0.717, 1.165) is 19.4 Å². The molecule has 1 heterocycles. The van der Waals surface area contributed by atoms with Gasteiger partial charge in [-0.2, -0.15) is 0 Å². The second-order valence-electron chi connectivity index (χ2n) is 4.58. The van der Waals surface area contributed by atoms with Crippen LogP contribution in [0.5, 0.6) is 0 Å². The van der Waals surface area contributed by atoms with Gasteiger partial charge in [0.15, 0.2) is 0 Å². The largest absolute Gasteiger partial charge is 0.399 e. The molecule has 108 valence electrons. The molecule has 4 N–H and O–H groups in total. The highest BCUT2D eigenvalue weighted by Crippen LogP contribution is 2.12. The first-order chi connectivity index (χ1) is 9.70. The minimum Gasteiger partial charge on any atom is -0.399 e. The number of nitrogen functional groups attached to an aromatic ring is 1. The Morgan fingerprint density at radius 3 is 3.05 bits per heavy atom. The highest BCUT2D eigenvalue weighted by Gasteiger charge is 2.03. The lowest BCUT2D eigenvalue weighted by atomic mass is 10.2. The van der Waals surface area contributed by atoms with Gasteiger partial charge in [0, 0.05) is 18.8 Å². The van der Waals surface area contributed by atoms with E-state index in [1.807, 2.05) is 0 Å². The molecule has 0 radical (unpaired) electrons. The van der Waals surface area contributed by atoms with Gasteiger partial charge in [-0.15, -0.1) is 0 Å². The zero-order valence-corrected chi connectivity index (χ0v) is 11.6. The van der Waals surface area contributed by atoms with Crippen LogP contribution in [0.4, 0.5) is 11.6 Å². The van der Waals surface area contributed by atoms with Crippen molar-refractivity contribution in [1.29, 1.82) is 0 Å². The Kier molecular flexibility index (Phi) is 4.95. The van der Waals surface area contributed by atoms with Crippen molar-refractivity contribution in [2.75, 3.05) is 30.8 Å². The molecule has 0 amide bonds. The minimum absolute atomic E-state index is 0.197. The Hall–Kier alpha value is -2.08. The molecule has 2 aromatic rings. The zero-order chi connectivity index (χ0) is 14.4. The van der Waals surface area contributed by atoms with Crippen molar-refractivity contribution in [3.8, 4) is 0 Å². The van der Waals surface area contributed by atoms with Crippen LogP contribution < -0.4 is 16.6 Å². The standard InChI is InChI=1S/C14H20N4O2/c1-2-3-7-20-8-6-16-14-17-12-5-4-10(15)9-11(12)13(19)18-14/h4-5,9H,2-3,6-8,15H2,1H3,(H2,16,17,18,19). The molecule has 0 unspecified atom stereocenters. The summed E-state index contributed by atoms with van der Waals surface area (Å²) < 4.78 is 5.43. The second-order valence-corrected chi connectivity index (χ2v) is 4.58. The van der Waals surface area contributed by atoms with E-state index in [2.05, 4.69) is 22.2 Å². The maximum Gasteiger partial charge on any atom is 0.260 e. The summed E-state index contributed by atoms with van der Waals surface area (Å²) in [6.07, 6.45) is 2.18. The Bertz CT molecular complexity index is 624. The molecule has 0 atom stereocenters. The first-order valence-electron chi connectivity index (χ1n) is 6.82. The monoisotopic (exact) mass is 276 g/mol. The fourth-order valence-corrected chi connectivity index (χ4v) is 1.83. The molecule has 0 aliphatic carbocycles. The van der Waals surface area contributed by atoms with Crippen LogP contribution in [-0.4, -0.2) is 29.7 Å². The van der Waals surface area contributed by atoms with E-state index in [4.69, 9.17) is 10.5 Å². The summed E-state index contributed by atoms with van der Waals surface area (Å²) in [5, 5.41) is 3.54. The van der Waals surface area contributed by atoms with Crippen LogP contribution in [0.25, 0.3) is 10.9 Å². The van der Waals surface area contributed by atoms with Crippen LogP contribution in [0.3, 0.4) is 0 Å². The van der Waals surface area contributed by atoms with Gasteiger partial charge >= 0.3 is 0 Å². The van der Waals surface area contributed by atoms with Gasteiger partial charge < -0.3 is 15.8 Å². The van der Waals surface area contributed by atoms with Gasteiger partial charge in [-0.05, 0) is 24.6 Å². The number of hydrogen-bond donors (Lipinski definition) is 3. The van der Waals surface area contributed by atoms with Crippen LogP contribution in [0.1, 0.15) is 19.8 Å². The van der Waals surface area contributed by atoms with Gasteiger partial charge in [0.2, 0.25) is 5.95 Å². The van der Waals surface area contributed by atoms with Crippen LogP contribution >= 0.6 is 0 Å². The third kappa shape index (κ3) is 3.71. The molecule has 1 aromatic carbocycles. The van der Waals surface area contributed by atoms with Crippen molar-refractivity contribution < 1.29 is 4.74 Å². The first kappa shape index (κ1) is 14.3. The lowest BCUT2D eigenvalue weighted by Crippen LogP contribution is -2.16. The number of rotatable bonds is 7. The van der Waals surface area contributed by atoms with E-state index in [1.54, 1.807) is 18.2 Å². The topological polar surface area (TPSA) is 93.0 Å². The highest BCUT2D eigenvalue weighted by molar-refractivity contribution is 5.81. The SMILES string of the molecule is CCCCOCCNc1nc2ccc(N)cc2c(=O)[nH]1. The summed E-state index contributed by atoms with van der Waals surface area (Å²) in [5.41, 5.74) is 6.63. The number of aromatic nitrogens is 2. The van der Waals surface area contributed by atoms with Gasteiger partial charge in [-0.1, -0.05) is 13.3 Å². The van der Waals surface area contributed by atoms with Crippen LogP contribution in [-0.2, 0) is 4.74 Å². The summed E-state index contributed by atoms with van der Waals surface area (Å²) in [5.74, 6) is 0.450. The van der Waals surface area contributed by atoms with Gasteiger partial charge in [0.25, 0.3) is 5.56 Å². The molecular formula is C14H20N4O2. The lowest BCUT2D eigenvalue weighted by Gasteiger charge is -2.07. The van der Waals surface area contributed by atoms with E-state index in [0.29, 0.717) is 35.7 Å². The van der Waals surface area contributed by atoms with Gasteiger partial charge in [0.05, 0.1) is 17.5 Å². The number of H-pyrrole nitrogens is 1.